The lowest BCUT2D eigenvalue weighted by Crippen LogP contribution is -1.74. The van der Waals surface area contributed by atoms with Crippen molar-refractivity contribution in [3.8, 4) is 0 Å². The lowest BCUT2D eigenvalue weighted by Gasteiger charge is -1.86. The lowest BCUT2D eigenvalue weighted by molar-refractivity contribution is -0.122. The molecule has 0 bridgehead atoms. The second kappa shape index (κ2) is 10.1. The molecule has 0 saturated carbocycles. The highest BCUT2D eigenvalue weighted by Gasteiger charge is 1.77. The van der Waals surface area contributed by atoms with E-state index in [0.717, 1.165) is 6.26 Å². The molecule has 3 heteroatoms. The smallest absolute Gasteiger partial charge is 0.290 e. The molecule has 54 valence electrons. The summed E-state index contributed by atoms with van der Waals surface area (Å²) in [7, 11) is 0. The fourth-order valence-corrected chi connectivity index (χ4v) is 0.172. The summed E-state index contributed by atoms with van der Waals surface area (Å²) in [6, 6.07) is 0. The Morgan fingerprint density at radius 3 is 1.67 bits per heavy atom. The van der Waals surface area contributed by atoms with Crippen LogP contribution in [0.3, 0.4) is 0 Å². The molecule has 0 unspecified atom stereocenters. The maximum absolute atomic E-state index is 8.36. The molecule has 0 aromatic heterocycles. The van der Waals surface area contributed by atoms with Crippen molar-refractivity contribution >= 4 is 6.47 Å². The van der Waals surface area contributed by atoms with Crippen LogP contribution >= 0.6 is 0 Å². The van der Waals surface area contributed by atoms with Crippen molar-refractivity contribution in [2.45, 2.75) is 13.8 Å². The van der Waals surface area contributed by atoms with Crippen LogP contribution in [0.5, 0.6) is 0 Å². The zero-order valence-electron chi connectivity index (χ0n) is 5.61. The van der Waals surface area contributed by atoms with Gasteiger partial charge in [0.05, 0.1) is 6.26 Å². The molecule has 0 radical (unpaired) electrons. The third-order valence-corrected chi connectivity index (χ3v) is 0.471. The predicted octanol–water partition coefficient (Wildman–Crippen LogP) is 1.41. The van der Waals surface area contributed by atoms with Gasteiger partial charge in [0.25, 0.3) is 6.47 Å². The van der Waals surface area contributed by atoms with Crippen LogP contribution in [-0.2, 0) is 4.79 Å². The standard InChI is InChI=1S/C5H10O.CH2O2/c1-5(2)3-4-6;2-1-3/h3-6H,1-2H3;1H,(H,2,3). The largest absolute Gasteiger partial charge is 0.516 e. The van der Waals surface area contributed by atoms with Gasteiger partial charge < -0.3 is 10.2 Å². The van der Waals surface area contributed by atoms with Crippen LogP contribution < -0.4 is 0 Å². The molecule has 0 rings (SSSR count). The molecule has 9 heavy (non-hydrogen) atoms. The number of aliphatic hydroxyl groups is 1. The van der Waals surface area contributed by atoms with Crippen molar-refractivity contribution in [3.63, 3.8) is 0 Å². The van der Waals surface area contributed by atoms with Crippen LogP contribution in [0.25, 0.3) is 0 Å². The Morgan fingerprint density at radius 2 is 1.67 bits per heavy atom. The summed E-state index contributed by atoms with van der Waals surface area (Å²) in [4.78, 5) is 8.36. The molecule has 0 aliphatic heterocycles. The van der Waals surface area contributed by atoms with Gasteiger partial charge in [-0.25, -0.2) is 0 Å². The number of hydrogen-bond acceptors (Lipinski definition) is 2. The van der Waals surface area contributed by atoms with Crippen LogP contribution in [0.1, 0.15) is 13.8 Å². The van der Waals surface area contributed by atoms with Gasteiger partial charge in [0.2, 0.25) is 0 Å². The van der Waals surface area contributed by atoms with Crippen molar-refractivity contribution in [1.82, 2.24) is 0 Å². The van der Waals surface area contributed by atoms with Crippen molar-refractivity contribution in [1.29, 1.82) is 0 Å². The number of hydrogen-bond donors (Lipinski definition) is 2. The van der Waals surface area contributed by atoms with Crippen LogP contribution in [0.2, 0.25) is 0 Å². The molecule has 0 heterocycles. The first-order valence-electron chi connectivity index (χ1n) is 2.57. The Morgan fingerprint density at radius 1 is 1.33 bits per heavy atom. The number of carbonyl (C=O) groups is 1. The maximum Gasteiger partial charge on any atom is 0.290 e. The molecule has 0 atom stereocenters. The number of aliphatic hydroxyl groups excluding tert-OH is 1. The Balaban J connectivity index is 0. The van der Waals surface area contributed by atoms with Gasteiger partial charge in [-0.2, -0.15) is 0 Å². The topological polar surface area (TPSA) is 57.5 Å². The molecule has 0 aliphatic rings. The van der Waals surface area contributed by atoms with E-state index in [0.29, 0.717) is 5.92 Å². The average Bonchev–Trinajstić information content (AvgIpc) is 1.67. The molecule has 0 aromatic carbocycles. The maximum atomic E-state index is 8.36. The van der Waals surface area contributed by atoms with Crippen LogP contribution in [0, 0.1) is 5.92 Å². The van der Waals surface area contributed by atoms with Gasteiger partial charge in [-0.1, -0.05) is 13.8 Å². The summed E-state index contributed by atoms with van der Waals surface area (Å²) < 4.78 is 0. The van der Waals surface area contributed by atoms with E-state index in [9.17, 15) is 0 Å². The first-order valence-corrected chi connectivity index (χ1v) is 2.57. The molecular formula is C6H12O3. The molecule has 0 spiro atoms. The van der Waals surface area contributed by atoms with Crippen LogP contribution in [0.4, 0.5) is 0 Å². The van der Waals surface area contributed by atoms with E-state index in [1.54, 1.807) is 6.08 Å². The minimum Gasteiger partial charge on any atom is -0.516 e. The summed E-state index contributed by atoms with van der Waals surface area (Å²) in [5.74, 6) is 0.468. The van der Waals surface area contributed by atoms with Gasteiger partial charge in [0.1, 0.15) is 0 Å². The minimum atomic E-state index is -0.250. The second-order valence-corrected chi connectivity index (χ2v) is 1.69. The Bertz CT molecular complexity index is 76.4. The van der Waals surface area contributed by atoms with E-state index >= 15 is 0 Å². The molecule has 2 N–H and O–H groups in total. The third-order valence-electron chi connectivity index (χ3n) is 0.471. The number of rotatable bonds is 1. The van der Waals surface area contributed by atoms with Gasteiger partial charge in [-0.15, -0.1) is 0 Å². The Labute approximate surface area is 54.6 Å². The summed E-state index contributed by atoms with van der Waals surface area (Å²) >= 11 is 0. The van der Waals surface area contributed by atoms with E-state index in [2.05, 4.69) is 0 Å². The molecule has 0 aliphatic carbocycles. The van der Waals surface area contributed by atoms with E-state index in [1.807, 2.05) is 13.8 Å². The highest BCUT2D eigenvalue weighted by atomic mass is 16.3. The zero-order chi connectivity index (χ0) is 7.70. The first-order chi connectivity index (χ1) is 4.18. The van der Waals surface area contributed by atoms with Crippen molar-refractivity contribution in [2.75, 3.05) is 0 Å². The highest BCUT2D eigenvalue weighted by Crippen LogP contribution is 1.89. The van der Waals surface area contributed by atoms with E-state index in [4.69, 9.17) is 15.0 Å². The molecule has 0 fully saturated rings. The van der Waals surface area contributed by atoms with Crippen molar-refractivity contribution in [2.24, 2.45) is 5.92 Å². The summed E-state index contributed by atoms with van der Waals surface area (Å²) in [6.45, 7) is 3.76. The minimum absolute atomic E-state index is 0.250. The lowest BCUT2D eigenvalue weighted by atomic mass is 10.2. The van der Waals surface area contributed by atoms with E-state index in [1.165, 1.54) is 0 Å². The van der Waals surface area contributed by atoms with Gasteiger partial charge in [0.15, 0.2) is 0 Å². The quantitative estimate of drug-likeness (QED) is 0.419. The Hall–Kier alpha value is -0.990. The van der Waals surface area contributed by atoms with Gasteiger partial charge >= 0.3 is 0 Å². The van der Waals surface area contributed by atoms with Gasteiger partial charge in [-0.3, -0.25) is 4.79 Å². The first kappa shape index (κ1) is 10.9. The third kappa shape index (κ3) is 43.6. The van der Waals surface area contributed by atoms with Gasteiger partial charge in [0, 0.05) is 0 Å². The normalized spacial score (nSPS) is 8.78. The predicted molar refractivity (Wildman–Crippen MR) is 35.3 cm³/mol. The fraction of sp³-hybridized carbons (Fsp3) is 0.500. The molecular weight excluding hydrogens is 120 g/mol. The number of carboxylic acid groups (broad SMARTS) is 1. The highest BCUT2D eigenvalue weighted by molar-refractivity contribution is 5.32. The zero-order valence-corrected chi connectivity index (χ0v) is 5.61. The summed E-state index contributed by atoms with van der Waals surface area (Å²) in [6.07, 6.45) is 2.80. The van der Waals surface area contributed by atoms with Crippen LogP contribution in [0.15, 0.2) is 12.3 Å². The second-order valence-electron chi connectivity index (χ2n) is 1.69. The van der Waals surface area contributed by atoms with Crippen LogP contribution in [-0.4, -0.2) is 16.7 Å². The SMILES string of the molecule is CC(C)C=CO.O=CO. The van der Waals surface area contributed by atoms with E-state index in [-0.39, 0.29) is 6.47 Å². The monoisotopic (exact) mass is 132 g/mol. The average molecular weight is 132 g/mol. The van der Waals surface area contributed by atoms with E-state index < -0.39 is 0 Å². The summed E-state index contributed by atoms with van der Waals surface area (Å²) in [5.41, 5.74) is 0. The molecule has 0 aromatic rings. The van der Waals surface area contributed by atoms with Gasteiger partial charge in [-0.05, 0) is 12.0 Å². The molecule has 0 saturated heterocycles. The van der Waals surface area contributed by atoms with Crippen molar-refractivity contribution in [3.05, 3.63) is 12.3 Å². The molecule has 0 amide bonds. The summed E-state index contributed by atoms with van der Waals surface area (Å²) in [5, 5.41) is 14.9. The van der Waals surface area contributed by atoms with Crippen molar-refractivity contribution < 1.29 is 15.0 Å². The Kier molecular flexibility index (Phi) is 12.2. The molecule has 3 nitrogen and oxygen atoms in total. The fourth-order valence-electron chi connectivity index (χ4n) is 0.172. The number of allylic oxidation sites excluding steroid dienone is 1.